The van der Waals surface area contributed by atoms with Gasteiger partial charge in [0.2, 0.25) is 5.88 Å². The van der Waals surface area contributed by atoms with Crippen molar-refractivity contribution in [1.29, 1.82) is 5.26 Å². The van der Waals surface area contributed by atoms with Crippen LogP contribution in [-0.2, 0) is 7.05 Å². The highest BCUT2D eigenvalue weighted by Gasteiger charge is 2.15. The molecule has 0 amide bonds. The average Bonchev–Trinajstić information content (AvgIpc) is 3.00. The lowest BCUT2D eigenvalue weighted by atomic mass is 9.98. The first-order valence-corrected chi connectivity index (χ1v) is 7.69. The normalized spacial score (nSPS) is 10.4. The molecule has 0 N–H and O–H groups in total. The number of nitrogens with zero attached hydrogens (tertiary/aromatic N) is 5. The molecular weight excluding hydrogens is 326 g/mol. The number of aryl methyl sites for hydroxylation is 1. The minimum absolute atomic E-state index is 0.337. The molecule has 0 aliphatic carbocycles. The maximum absolute atomic E-state index is 9.20. The van der Waals surface area contributed by atoms with E-state index in [0.29, 0.717) is 29.0 Å². The van der Waals surface area contributed by atoms with E-state index in [-0.39, 0.29) is 0 Å². The summed E-state index contributed by atoms with van der Waals surface area (Å²) >= 11 is 6.13. The fourth-order valence-corrected chi connectivity index (χ4v) is 2.63. The van der Waals surface area contributed by atoms with Crippen molar-refractivity contribution in [2.75, 3.05) is 6.61 Å². The molecule has 0 aliphatic heterocycles. The van der Waals surface area contributed by atoms with Gasteiger partial charge >= 0.3 is 0 Å². The minimum atomic E-state index is 0.337. The molecule has 120 valence electrons. The summed E-state index contributed by atoms with van der Waals surface area (Å²) in [5, 5.41) is 17.6. The Bertz CT molecular complexity index is 929. The summed E-state index contributed by atoms with van der Waals surface area (Å²) in [6.45, 7) is 2.38. The Morgan fingerprint density at radius 3 is 2.75 bits per heavy atom. The summed E-state index contributed by atoms with van der Waals surface area (Å²) < 4.78 is 7.26. The van der Waals surface area contributed by atoms with Crippen LogP contribution in [0.1, 0.15) is 12.5 Å². The summed E-state index contributed by atoms with van der Waals surface area (Å²) in [4.78, 5) is 4.15. The second kappa shape index (κ2) is 6.69. The van der Waals surface area contributed by atoms with Gasteiger partial charge in [0.1, 0.15) is 11.5 Å². The van der Waals surface area contributed by atoms with Crippen molar-refractivity contribution in [3.8, 4) is 34.5 Å². The Balaban J connectivity index is 2.22. The van der Waals surface area contributed by atoms with E-state index in [1.807, 2.05) is 26.1 Å². The van der Waals surface area contributed by atoms with E-state index in [1.165, 1.54) is 0 Å². The lowest BCUT2D eigenvalue weighted by molar-refractivity contribution is 0.327. The van der Waals surface area contributed by atoms with Gasteiger partial charge in [0, 0.05) is 18.7 Å². The van der Waals surface area contributed by atoms with E-state index in [2.05, 4.69) is 21.3 Å². The monoisotopic (exact) mass is 339 g/mol. The SMILES string of the molecule is CCOc1cc(-c2ccc(C#N)cc2-c2nncn2C)cc(Cl)n1. The molecule has 0 spiro atoms. The van der Waals surface area contributed by atoms with E-state index >= 15 is 0 Å². The van der Waals surface area contributed by atoms with Gasteiger partial charge in [-0.1, -0.05) is 17.7 Å². The molecule has 0 aliphatic rings. The zero-order chi connectivity index (χ0) is 17.1. The minimum Gasteiger partial charge on any atom is -0.478 e. The third-order valence-corrected chi connectivity index (χ3v) is 3.67. The molecule has 2 aromatic heterocycles. The van der Waals surface area contributed by atoms with Crippen LogP contribution in [0.5, 0.6) is 5.88 Å². The van der Waals surface area contributed by atoms with Gasteiger partial charge in [-0.2, -0.15) is 5.26 Å². The number of hydrogen-bond acceptors (Lipinski definition) is 5. The number of aromatic nitrogens is 4. The van der Waals surface area contributed by atoms with Gasteiger partial charge in [-0.15, -0.1) is 10.2 Å². The molecule has 0 saturated heterocycles. The smallest absolute Gasteiger partial charge is 0.215 e. The lowest BCUT2D eigenvalue weighted by Crippen LogP contribution is -1.97. The molecule has 0 unspecified atom stereocenters. The van der Waals surface area contributed by atoms with Crippen LogP contribution >= 0.6 is 11.6 Å². The van der Waals surface area contributed by atoms with Crippen LogP contribution in [0.25, 0.3) is 22.5 Å². The Morgan fingerprint density at radius 2 is 2.08 bits per heavy atom. The van der Waals surface area contributed by atoms with Gasteiger partial charge in [0.05, 0.1) is 18.2 Å². The van der Waals surface area contributed by atoms with E-state index in [9.17, 15) is 5.26 Å². The Morgan fingerprint density at radius 1 is 1.25 bits per heavy atom. The van der Waals surface area contributed by atoms with E-state index in [4.69, 9.17) is 16.3 Å². The van der Waals surface area contributed by atoms with Crippen LogP contribution in [0.4, 0.5) is 0 Å². The van der Waals surface area contributed by atoms with Crippen molar-refractivity contribution in [2.24, 2.45) is 7.05 Å². The van der Waals surface area contributed by atoms with E-state index < -0.39 is 0 Å². The summed E-state index contributed by atoms with van der Waals surface area (Å²) in [7, 11) is 1.85. The van der Waals surface area contributed by atoms with Crippen molar-refractivity contribution >= 4 is 11.6 Å². The third-order valence-electron chi connectivity index (χ3n) is 3.47. The van der Waals surface area contributed by atoms with Gasteiger partial charge < -0.3 is 9.30 Å². The number of ether oxygens (including phenoxy) is 1. The molecule has 1 aromatic carbocycles. The Hall–Kier alpha value is -2.91. The van der Waals surface area contributed by atoms with Crippen LogP contribution in [0.15, 0.2) is 36.7 Å². The molecular formula is C17H14ClN5O. The van der Waals surface area contributed by atoms with Crippen LogP contribution < -0.4 is 4.74 Å². The first-order chi connectivity index (χ1) is 11.6. The molecule has 6 nitrogen and oxygen atoms in total. The van der Waals surface area contributed by atoms with Crippen molar-refractivity contribution < 1.29 is 4.74 Å². The number of nitriles is 1. The van der Waals surface area contributed by atoms with Gasteiger partial charge in [0.15, 0.2) is 5.82 Å². The molecule has 0 radical (unpaired) electrons. The summed E-state index contributed by atoms with van der Waals surface area (Å²) in [6, 6.07) is 11.1. The van der Waals surface area contributed by atoms with Gasteiger partial charge in [-0.25, -0.2) is 4.98 Å². The van der Waals surface area contributed by atoms with Crippen LogP contribution in [0.3, 0.4) is 0 Å². The largest absolute Gasteiger partial charge is 0.478 e. The summed E-state index contributed by atoms with van der Waals surface area (Å²) in [6.07, 6.45) is 1.61. The molecule has 0 bridgehead atoms. The molecule has 0 saturated carbocycles. The number of pyridine rings is 1. The van der Waals surface area contributed by atoms with E-state index in [0.717, 1.165) is 16.7 Å². The van der Waals surface area contributed by atoms with Crippen molar-refractivity contribution in [2.45, 2.75) is 6.92 Å². The highest BCUT2D eigenvalue weighted by atomic mass is 35.5. The van der Waals surface area contributed by atoms with Gasteiger partial charge in [0.25, 0.3) is 0 Å². The zero-order valence-corrected chi connectivity index (χ0v) is 13.9. The second-order valence-corrected chi connectivity index (χ2v) is 5.47. The molecule has 0 fully saturated rings. The second-order valence-electron chi connectivity index (χ2n) is 5.09. The quantitative estimate of drug-likeness (QED) is 0.680. The van der Waals surface area contributed by atoms with Crippen LogP contribution in [0.2, 0.25) is 5.15 Å². The Labute approximate surface area is 144 Å². The highest BCUT2D eigenvalue weighted by molar-refractivity contribution is 6.29. The van der Waals surface area contributed by atoms with Gasteiger partial charge in [-0.05, 0) is 36.2 Å². The first-order valence-electron chi connectivity index (χ1n) is 7.31. The highest BCUT2D eigenvalue weighted by Crippen LogP contribution is 2.34. The molecule has 24 heavy (non-hydrogen) atoms. The van der Waals surface area contributed by atoms with Crippen LogP contribution in [0, 0.1) is 11.3 Å². The fraction of sp³-hybridized carbons (Fsp3) is 0.176. The molecule has 0 atom stereocenters. The van der Waals surface area contributed by atoms with Crippen molar-refractivity contribution in [3.63, 3.8) is 0 Å². The standard InChI is InChI=1S/C17H14ClN5O/c1-3-24-16-8-12(7-15(18)21-16)13-5-4-11(9-19)6-14(13)17-22-20-10-23(17)2/h4-8,10H,3H2,1-2H3. The summed E-state index contributed by atoms with van der Waals surface area (Å²) in [5.74, 6) is 1.11. The number of halogens is 1. The maximum atomic E-state index is 9.20. The Kier molecular flexibility index (Phi) is 4.45. The van der Waals surface area contributed by atoms with Crippen LogP contribution in [-0.4, -0.2) is 26.4 Å². The van der Waals surface area contributed by atoms with Gasteiger partial charge in [-0.3, -0.25) is 0 Å². The number of benzene rings is 1. The zero-order valence-electron chi connectivity index (χ0n) is 13.2. The predicted octanol–water partition coefficient (Wildman–Crippen LogP) is 3.47. The molecule has 3 rings (SSSR count). The number of rotatable bonds is 4. The lowest BCUT2D eigenvalue weighted by Gasteiger charge is -2.11. The first kappa shape index (κ1) is 16.0. The average molecular weight is 340 g/mol. The van der Waals surface area contributed by atoms with E-state index in [1.54, 1.807) is 29.1 Å². The maximum Gasteiger partial charge on any atom is 0.215 e. The molecule has 7 heteroatoms. The molecule has 2 heterocycles. The summed E-state index contributed by atoms with van der Waals surface area (Å²) in [5.41, 5.74) is 3.04. The fourth-order valence-electron chi connectivity index (χ4n) is 2.43. The third kappa shape index (κ3) is 3.07. The topological polar surface area (TPSA) is 76.6 Å². The van der Waals surface area contributed by atoms with Crippen molar-refractivity contribution in [1.82, 2.24) is 19.7 Å². The predicted molar refractivity (Wildman–Crippen MR) is 90.6 cm³/mol. The molecule has 3 aromatic rings. The number of hydrogen-bond donors (Lipinski definition) is 0. The van der Waals surface area contributed by atoms with Crippen molar-refractivity contribution in [3.05, 3.63) is 47.4 Å².